The molecule has 0 amide bonds. The van der Waals surface area contributed by atoms with Gasteiger partial charge in [0.2, 0.25) is 0 Å². The van der Waals surface area contributed by atoms with E-state index in [1.165, 1.54) is 12.8 Å². The van der Waals surface area contributed by atoms with Gasteiger partial charge in [0, 0.05) is 12.3 Å². The highest BCUT2D eigenvalue weighted by Crippen LogP contribution is 2.71. The Morgan fingerprint density at radius 3 is 1.90 bits per heavy atom. The fraction of sp³-hybridized carbons (Fsp3) is 1.00. The van der Waals surface area contributed by atoms with E-state index in [-0.39, 0.29) is 36.3 Å². The van der Waals surface area contributed by atoms with Crippen LogP contribution in [0, 0.1) is 52.3 Å². The second-order valence-electron chi connectivity index (χ2n) is 20.3. The van der Waals surface area contributed by atoms with E-state index in [1.807, 2.05) is 0 Å². The van der Waals surface area contributed by atoms with Gasteiger partial charge in [-0.15, -0.1) is 0 Å². The monoisotopic (exact) mass is 828 g/mol. The van der Waals surface area contributed by atoms with E-state index in [0.29, 0.717) is 41.4 Å². The Morgan fingerprint density at radius 2 is 1.22 bits per heavy atom. The summed E-state index contributed by atoms with van der Waals surface area (Å²) in [6.07, 6.45) is -10.1. The highest BCUT2D eigenvalue weighted by molar-refractivity contribution is 5.15. The Labute approximate surface area is 340 Å². The van der Waals surface area contributed by atoms with Gasteiger partial charge in [0.15, 0.2) is 30.9 Å². The van der Waals surface area contributed by atoms with Gasteiger partial charge in [-0.2, -0.15) is 0 Å². The van der Waals surface area contributed by atoms with Crippen molar-refractivity contribution in [3.63, 3.8) is 0 Å². The number of hydrogen-bond donors (Lipinski definition) is 8. The second kappa shape index (κ2) is 15.9. The van der Waals surface area contributed by atoms with Gasteiger partial charge >= 0.3 is 0 Å². The lowest BCUT2D eigenvalue weighted by Crippen LogP contribution is -2.65. The Balaban J connectivity index is 0.865. The van der Waals surface area contributed by atoms with Crippen LogP contribution in [0.4, 0.5) is 0 Å². The molecule has 58 heavy (non-hydrogen) atoms. The average Bonchev–Trinajstić information content (AvgIpc) is 3.65. The molecule has 5 aliphatic heterocycles. The lowest BCUT2D eigenvalue weighted by molar-refractivity contribution is -0.415. The van der Waals surface area contributed by atoms with Crippen LogP contribution in [0.1, 0.15) is 91.9 Å². The van der Waals surface area contributed by atoms with Crippen molar-refractivity contribution in [3.8, 4) is 0 Å². The molecule has 16 heteroatoms. The molecular formula is C42H68O16. The van der Waals surface area contributed by atoms with Crippen LogP contribution < -0.4 is 0 Å². The highest BCUT2D eigenvalue weighted by atomic mass is 16.8. The van der Waals surface area contributed by atoms with Gasteiger partial charge in [-0.25, -0.2) is 0 Å². The zero-order valence-electron chi connectivity index (χ0n) is 34.2. The predicted molar refractivity (Wildman–Crippen MR) is 199 cm³/mol. The van der Waals surface area contributed by atoms with Crippen molar-refractivity contribution in [2.45, 2.75) is 190 Å². The van der Waals surface area contributed by atoms with Crippen molar-refractivity contribution >= 4 is 0 Å². The summed E-state index contributed by atoms with van der Waals surface area (Å²) in [6.45, 7) is 9.73. The van der Waals surface area contributed by atoms with Crippen molar-refractivity contribution in [1.82, 2.24) is 0 Å². The van der Waals surface area contributed by atoms with E-state index in [4.69, 9.17) is 37.9 Å². The zero-order chi connectivity index (χ0) is 41.1. The largest absolute Gasteiger partial charge is 0.388 e. The molecule has 332 valence electrons. The van der Waals surface area contributed by atoms with Gasteiger partial charge < -0.3 is 78.7 Å². The van der Waals surface area contributed by atoms with Crippen molar-refractivity contribution in [3.05, 3.63) is 0 Å². The normalized spacial score (nSPS) is 59.6. The molecule has 9 rings (SSSR count). The van der Waals surface area contributed by atoms with Crippen LogP contribution >= 0.6 is 0 Å². The predicted octanol–water partition coefficient (Wildman–Crippen LogP) is 0.502. The van der Waals surface area contributed by atoms with Crippen LogP contribution in [0.5, 0.6) is 0 Å². The number of aliphatic hydroxyl groups excluding tert-OH is 8. The molecule has 9 fully saturated rings. The first kappa shape index (κ1) is 42.7. The number of hydrogen-bond acceptors (Lipinski definition) is 16. The van der Waals surface area contributed by atoms with E-state index >= 15 is 0 Å². The number of ether oxygens (including phenoxy) is 8. The molecule has 0 bridgehead atoms. The molecule has 0 radical (unpaired) electrons. The van der Waals surface area contributed by atoms with Crippen LogP contribution in [-0.4, -0.2) is 159 Å². The minimum absolute atomic E-state index is 0.132. The van der Waals surface area contributed by atoms with Gasteiger partial charge in [0.05, 0.1) is 32.0 Å². The van der Waals surface area contributed by atoms with Crippen LogP contribution in [0.2, 0.25) is 0 Å². The maximum Gasteiger partial charge on any atom is 0.192 e. The van der Waals surface area contributed by atoms with Gasteiger partial charge in [-0.3, -0.25) is 0 Å². The molecule has 4 saturated carbocycles. The molecule has 25 atom stereocenters. The average molecular weight is 829 g/mol. The summed E-state index contributed by atoms with van der Waals surface area (Å²) in [7, 11) is 0. The molecule has 0 aromatic rings. The second-order valence-corrected chi connectivity index (χ2v) is 20.3. The molecule has 9 aliphatic rings. The third kappa shape index (κ3) is 6.96. The summed E-state index contributed by atoms with van der Waals surface area (Å²) in [5.41, 5.74) is 0.367. The van der Waals surface area contributed by atoms with Crippen molar-refractivity contribution in [2.24, 2.45) is 52.3 Å². The molecule has 10 unspecified atom stereocenters. The molecule has 0 aromatic heterocycles. The van der Waals surface area contributed by atoms with E-state index in [2.05, 4.69) is 27.7 Å². The van der Waals surface area contributed by atoms with Crippen LogP contribution in [0.15, 0.2) is 0 Å². The Bertz CT molecular complexity index is 1450. The molecule has 16 nitrogen and oxygen atoms in total. The first-order valence-corrected chi connectivity index (χ1v) is 22.2. The lowest BCUT2D eigenvalue weighted by atomic mass is 9.44. The molecular weight excluding hydrogens is 760 g/mol. The van der Waals surface area contributed by atoms with E-state index in [0.717, 1.165) is 58.0 Å². The van der Waals surface area contributed by atoms with Gasteiger partial charge in [0.1, 0.15) is 54.9 Å². The smallest absolute Gasteiger partial charge is 0.192 e. The van der Waals surface area contributed by atoms with Gasteiger partial charge in [0.25, 0.3) is 0 Å². The maximum atomic E-state index is 11.5. The van der Waals surface area contributed by atoms with E-state index < -0.39 is 85.9 Å². The lowest BCUT2D eigenvalue weighted by Gasteiger charge is -2.61. The standard InChI is InChI=1S/C42H68O16/c1-18-7-12-42(53-15-18)19(2)28-27(58-42)14-24-22-6-5-20-13-21(8-10-40(20,3)23(22)9-11-41(24,28)4)54-38-34(50)31(47)35(55-36-32(48)29(45)25(43)16-51-36)39(57-38)56-37-33(49)30(46)26(44)17-52-37/h18-39,43-50H,5-17H2,1-4H3/t18?,19?,20-,21?,22?,23?,24?,25-,26-,27?,28?,29-,30-,31+,32-,33-,34-,35+,36+,37+,38-,39+,40?,41+,42?/m1/s1. The minimum atomic E-state index is -1.73. The van der Waals surface area contributed by atoms with Gasteiger partial charge in [-0.05, 0) is 104 Å². The quantitative estimate of drug-likeness (QED) is 0.170. The summed E-state index contributed by atoms with van der Waals surface area (Å²) in [4.78, 5) is 0. The molecule has 0 aromatic carbocycles. The van der Waals surface area contributed by atoms with Gasteiger partial charge in [-0.1, -0.05) is 27.7 Å². The Morgan fingerprint density at radius 1 is 0.569 bits per heavy atom. The van der Waals surface area contributed by atoms with Crippen molar-refractivity contribution in [2.75, 3.05) is 19.8 Å². The minimum Gasteiger partial charge on any atom is -0.388 e. The number of fused-ring (bicyclic) bond motifs is 7. The topological polar surface area (TPSA) is 236 Å². The first-order chi connectivity index (χ1) is 27.5. The number of aliphatic hydroxyl groups is 8. The summed E-state index contributed by atoms with van der Waals surface area (Å²) in [5.74, 6) is 3.32. The molecule has 5 saturated heterocycles. The summed E-state index contributed by atoms with van der Waals surface area (Å²) in [5, 5.41) is 84.6. The fourth-order valence-electron chi connectivity index (χ4n) is 13.8. The summed E-state index contributed by atoms with van der Waals surface area (Å²) in [6, 6.07) is 0. The van der Waals surface area contributed by atoms with Crippen LogP contribution in [0.25, 0.3) is 0 Å². The van der Waals surface area contributed by atoms with Crippen molar-refractivity contribution in [1.29, 1.82) is 0 Å². The van der Waals surface area contributed by atoms with Crippen LogP contribution in [0.3, 0.4) is 0 Å². The summed E-state index contributed by atoms with van der Waals surface area (Å²) < 4.78 is 48.7. The third-order valence-corrected chi connectivity index (χ3v) is 17.2. The molecule has 4 aliphatic carbocycles. The zero-order valence-corrected chi connectivity index (χ0v) is 34.2. The molecule has 5 heterocycles. The summed E-state index contributed by atoms with van der Waals surface area (Å²) >= 11 is 0. The number of rotatable bonds is 6. The Hall–Kier alpha value is -0.640. The third-order valence-electron chi connectivity index (χ3n) is 17.2. The fourth-order valence-corrected chi connectivity index (χ4v) is 13.8. The molecule has 8 N–H and O–H groups in total. The highest BCUT2D eigenvalue weighted by Gasteiger charge is 2.69. The van der Waals surface area contributed by atoms with E-state index in [9.17, 15) is 40.9 Å². The van der Waals surface area contributed by atoms with E-state index in [1.54, 1.807) is 0 Å². The molecule has 1 spiro atoms. The SMILES string of the molecule is CC1CCC2(OC1)OC1CC3C4CC[C@@H]5CC(O[C@@H]6O[C@H](O[C@@H]7OC[C@@H](O)[C@@H](O)[C@H]7O)[C@@H](O[C@@H]7OC[C@@H](O)[C@@H](O)[C@H]7O)[C@@H](O)[C@H]6O)CCC5(C)C4CC[C@]3(C)C1C2C. The maximum absolute atomic E-state index is 11.5. The van der Waals surface area contributed by atoms with Crippen LogP contribution in [-0.2, 0) is 37.9 Å². The van der Waals surface area contributed by atoms with Crippen molar-refractivity contribution < 1.29 is 78.7 Å². The first-order valence-electron chi connectivity index (χ1n) is 22.2. The Kier molecular flexibility index (Phi) is 11.7.